The number of hydrogen-bond acceptors (Lipinski definition) is 3. The summed E-state index contributed by atoms with van der Waals surface area (Å²) in [6.45, 7) is 4.16. The van der Waals surface area contributed by atoms with E-state index in [1.807, 2.05) is 19.0 Å². The summed E-state index contributed by atoms with van der Waals surface area (Å²) in [6, 6.07) is 0. The van der Waals surface area contributed by atoms with Gasteiger partial charge in [0, 0.05) is 26.2 Å². The first-order valence-corrected chi connectivity index (χ1v) is 4.35. The van der Waals surface area contributed by atoms with E-state index in [1.165, 1.54) is 0 Å². The number of carbonyl (C=O) groups excluding carboxylic acids is 1. The number of carbonyl (C=O) groups is 1. The maximum Gasteiger partial charge on any atom is 0.236 e. The van der Waals surface area contributed by atoms with Crippen LogP contribution in [0.4, 0.5) is 0 Å². The van der Waals surface area contributed by atoms with Gasteiger partial charge in [0.15, 0.2) is 0 Å². The normalized spacial score (nSPS) is 20.2. The van der Waals surface area contributed by atoms with Crippen molar-refractivity contribution in [2.75, 3.05) is 46.8 Å². The minimum atomic E-state index is 0.249. The molecule has 1 fully saturated rings. The van der Waals surface area contributed by atoms with Gasteiger partial charge in [-0.25, -0.2) is 0 Å². The van der Waals surface area contributed by atoms with Gasteiger partial charge in [-0.2, -0.15) is 0 Å². The summed E-state index contributed by atoms with van der Waals surface area (Å²) >= 11 is 0. The van der Waals surface area contributed by atoms with Crippen LogP contribution in [0.1, 0.15) is 0 Å². The first kappa shape index (κ1) is 9.48. The van der Waals surface area contributed by atoms with Gasteiger partial charge >= 0.3 is 0 Å². The molecule has 0 spiro atoms. The molecule has 0 saturated carbocycles. The molecule has 0 aromatic rings. The van der Waals surface area contributed by atoms with E-state index in [2.05, 4.69) is 10.2 Å². The summed E-state index contributed by atoms with van der Waals surface area (Å²) in [5.74, 6) is 0.249. The molecule has 1 saturated heterocycles. The Morgan fingerprint density at radius 2 is 2.25 bits per heavy atom. The molecule has 0 aliphatic carbocycles. The number of rotatable bonds is 3. The number of hydrogen-bond donors (Lipinski definition) is 1. The van der Waals surface area contributed by atoms with E-state index in [0.29, 0.717) is 6.54 Å². The Labute approximate surface area is 73.5 Å². The van der Waals surface area contributed by atoms with E-state index in [4.69, 9.17) is 0 Å². The van der Waals surface area contributed by atoms with Gasteiger partial charge in [0.2, 0.25) is 5.91 Å². The number of nitrogens with zero attached hydrogens (tertiary/aromatic N) is 2. The monoisotopic (exact) mass is 171 g/mol. The molecule has 0 aromatic heterocycles. The standard InChI is InChI=1S/C8H17N3O/c1-9-3-4-11-6-5-10(2)7-8(11)12/h9H,3-7H2,1-2H3. The summed E-state index contributed by atoms with van der Waals surface area (Å²) in [5.41, 5.74) is 0. The Hall–Kier alpha value is -0.610. The molecule has 0 bridgehead atoms. The molecule has 1 heterocycles. The van der Waals surface area contributed by atoms with Crippen molar-refractivity contribution in [3.63, 3.8) is 0 Å². The zero-order valence-electron chi connectivity index (χ0n) is 7.84. The Balaban J connectivity index is 2.30. The SMILES string of the molecule is CNCCN1CCN(C)CC1=O. The van der Waals surface area contributed by atoms with Gasteiger partial charge in [-0.3, -0.25) is 9.69 Å². The van der Waals surface area contributed by atoms with Crippen LogP contribution in [0.2, 0.25) is 0 Å². The van der Waals surface area contributed by atoms with Crippen LogP contribution in [0, 0.1) is 0 Å². The Morgan fingerprint density at radius 1 is 1.50 bits per heavy atom. The fourth-order valence-electron chi connectivity index (χ4n) is 1.31. The van der Waals surface area contributed by atoms with Gasteiger partial charge in [0.25, 0.3) is 0 Å². The van der Waals surface area contributed by atoms with Crippen molar-refractivity contribution in [3.8, 4) is 0 Å². The lowest BCUT2D eigenvalue weighted by Gasteiger charge is -2.31. The second-order valence-electron chi connectivity index (χ2n) is 3.22. The van der Waals surface area contributed by atoms with Gasteiger partial charge in [-0.1, -0.05) is 0 Å². The van der Waals surface area contributed by atoms with Crippen LogP contribution in [0.3, 0.4) is 0 Å². The maximum atomic E-state index is 11.4. The lowest BCUT2D eigenvalue weighted by Crippen LogP contribution is -2.50. The van der Waals surface area contributed by atoms with Gasteiger partial charge in [0.1, 0.15) is 0 Å². The highest BCUT2D eigenvalue weighted by atomic mass is 16.2. The Morgan fingerprint density at radius 3 is 2.83 bits per heavy atom. The molecular weight excluding hydrogens is 154 g/mol. The quantitative estimate of drug-likeness (QED) is 0.590. The van der Waals surface area contributed by atoms with Crippen LogP contribution in [-0.2, 0) is 4.79 Å². The number of piperazine rings is 1. The van der Waals surface area contributed by atoms with Crippen molar-refractivity contribution in [2.45, 2.75) is 0 Å². The second kappa shape index (κ2) is 4.42. The third-order valence-corrected chi connectivity index (χ3v) is 2.14. The van der Waals surface area contributed by atoms with Crippen LogP contribution in [0.25, 0.3) is 0 Å². The van der Waals surface area contributed by atoms with Crippen molar-refractivity contribution in [1.29, 1.82) is 0 Å². The summed E-state index contributed by atoms with van der Waals surface area (Å²) in [6.07, 6.45) is 0. The first-order valence-electron chi connectivity index (χ1n) is 4.35. The van der Waals surface area contributed by atoms with Crippen LogP contribution in [-0.4, -0.2) is 62.5 Å². The summed E-state index contributed by atoms with van der Waals surface area (Å²) in [4.78, 5) is 15.3. The van der Waals surface area contributed by atoms with Crippen LogP contribution in [0.15, 0.2) is 0 Å². The van der Waals surface area contributed by atoms with E-state index >= 15 is 0 Å². The molecule has 0 atom stereocenters. The fraction of sp³-hybridized carbons (Fsp3) is 0.875. The van der Waals surface area contributed by atoms with Crippen molar-refractivity contribution >= 4 is 5.91 Å². The van der Waals surface area contributed by atoms with Gasteiger partial charge in [-0.15, -0.1) is 0 Å². The minimum absolute atomic E-state index is 0.249. The number of nitrogens with one attached hydrogen (secondary N) is 1. The second-order valence-corrected chi connectivity index (χ2v) is 3.22. The fourth-order valence-corrected chi connectivity index (χ4v) is 1.31. The third kappa shape index (κ3) is 2.46. The topological polar surface area (TPSA) is 35.6 Å². The molecular formula is C8H17N3O. The zero-order valence-corrected chi connectivity index (χ0v) is 7.84. The van der Waals surface area contributed by atoms with Crippen LogP contribution >= 0.6 is 0 Å². The molecule has 0 radical (unpaired) electrons. The molecule has 0 aromatic carbocycles. The van der Waals surface area contributed by atoms with Crippen molar-refractivity contribution in [2.24, 2.45) is 0 Å². The molecule has 4 heteroatoms. The number of amides is 1. The van der Waals surface area contributed by atoms with E-state index in [9.17, 15) is 4.79 Å². The highest BCUT2D eigenvalue weighted by Gasteiger charge is 2.20. The Kier molecular flexibility index (Phi) is 3.49. The van der Waals surface area contributed by atoms with Crippen LogP contribution < -0.4 is 5.32 Å². The Bertz CT molecular complexity index is 158. The van der Waals surface area contributed by atoms with Crippen molar-refractivity contribution < 1.29 is 4.79 Å². The lowest BCUT2D eigenvalue weighted by molar-refractivity contribution is -0.135. The van der Waals surface area contributed by atoms with E-state index in [-0.39, 0.29) is 5.91 Å². The summed E-state index contributed by atoms with van der Waals surface area (Å²) in [7, 11) is 3.88. The van der Waals surface area contributed by atoms with E-state index in [1.54, 1.807) is 0 Å². The molecule has 1 amide bonds. The van der Waals surface area contributed by atoms with Crippen LogP contribution in [0.5, 0.6) is 0 Å². The van der Waals surface area contributed by atoms with Crippen molar-refractivity contribution in [1.82, 2.24) is 15.1 Å². The summed E-state index contributed by atoms with van der Waals surface area (Å²) in [5, 5.41) is 3.04. The molecule has 1 N–H and O–H groups in total. The zero-order chi connectivity index (χ0) is 8.97. The molecule has 0 unspecified atom stereocenters. The van der Waals surface area contributed by atoms with E-state index < -0.39 is 0 Å². The predicted octanol–water partition coefficient (Wildman–Crippen LogP) is -1.02. The molecule has 1 rings (SSSR count). The number of likely N-dealkylation sites (N-methyl/N-ethyl adjacent to an activating group) is 2. The first-order chi connectivity index (χ1) is 5.74. The lowest BCUT2D eigenvalue weighted by atomic mass is 10.3. The molecule has 70 valence electrons. The van der Waals surface area contributed by atoms with E-state index in [0.717, 1.165) is 26.2 Å². The van der Waals surface area contributed by atoms with Gasteiger partial charge in [0.05, 0.1) is 6.54 Å². The smallest absolute Gasteiger partial charge is 0.236 e. The minimum Gasteiger partial charge on any atom is -0.339 e. The van der Waals surface area contributed by atoms with Crippen molar-refractivity contribution in [3.05, 3.63) is 0 Å². The average molecular weight is 171 g/mol. The molecule has 1 aliphatic heterocycles. The van der Waals surface area contributed by atoms with Gasteiger partial charge in [-0.05, 0) is 14.1 Å². The maximum absolute atomic E-state index is 11.4. The van der Waals surface area contributed by atoms with Gasteiger partial charge < -0.3 is 10.2 Å². The molecule has 4 nitrogen and oxygen atoms in total. The highest BCUT2D eigenvalue weighted by molar-refractivity contribution is 5.78. The molecule has 1 aliphatic rings. The largest absolute Gasteiger partial charge is 0.339 e. The predicted molar refractivity (Wildman–Crippen MR) is 48.0 cm³/mol. The summed E-state index contributed by atoms with van der Waals surface area (Å²) < 4.78 is 0. The molecule has 12 heavy (non-hydrogen) atoms. The third-order valence-electron chi connectivity index (χ3n) is 2.14. The highest BCUT2D eigenvalue weighted by Crippen LogP contribution is 1.99. The average Bonchev–Trinajstić information content (AvgIpc) is 2.03.